The molecular weight excluding hydrogens is 645 g/mol. The Labute approximate surface area is 306 Å². The standard InChI is InChI=1S/C49H28BNO2/c1-5-17-35-30(13-1)31-14-2-6-18-36(31)49(35)37-19-7-3-16-34(37)46-38(49)26-25-33-32-15-4-10-22-41(32)51(48(33)46)29-27-44-47-45(28-29)53-43-24-12-9-21-40(43)50(47)39-20-8-11-23-42(39)52-44/h1-28H. The Morgan fingerprint density at radius 3 is 1.62 bits per heavy atom. The third kappa shape index (κ3) is 3.29. The molecule has 0 amide bonds. The molecule has 1 aromatic heterocycles. The minimum atomic E-state index is -0.427. The van der Waals surface area contributed by atoms with Crippen LogP contribution >= 0.6 is 0 Å². The van der Waals surface area contributed by atoms with Crippen LogP contribution in [0, 0.1) is 0 Å². The molecule has 53 heavy (non-hydrogen) atoms. The summed E-state index contributed by atoms with van der Waals surface area (Å²) in [6.07, 6.45) is 0. The maximum Gasteiger partial charge on any atom is 0.260 e. The van der Waals surface area contributed by atoms with Gasteiger partial charge < -0.3 is 14.0 Å². The molecule has 1 spiro atoms. The minimum absolute atomic E-state index is 0.0283. The van der Waals surface area contributed by atoms with Crippen LogP contribution in [0.4, 0.5) is 0 Å². The van der Waals surface area contributed by atoms with E-state index in [0.29, 0.717) is 0 Å². The quantitative estimate of drug-likeness (QED) is 0.162. The van der Waals surface area contributed by atoms with E-state index in [9.17, 15) is 0 Å². The van der Waals surface area contributed by atoms with Gasteiger partial charge in [-0.05, 0) is 68.1 Å². The van der Waals surface area contributed by atoms with Gasteiger partial charge in [-0.15, -0.1) is 0 Å². The number of ether oxygens (including phenoxy) is 2. The normalized spacial score (nSPS) is 14.5. The summed E-state index contributed by atoms with van der Waals surface area (Å²) >= 11 is 0. The van der Waals surface area contributed by atoms with Crippen molar-refractivity contribution in [3.8, 4) is 50.9 Å². The lowest BCUT2D eigenvalue weighted by molar-refractivity contribution is 0.464. The summed E-state index contributed by atoms with van der Waals surface area (Å²) in [6.45, 7) is 0.0283. The molecule has 0 unspecified atom stereocenters. The van der Waals surface area contributed by atoms with Crippen LogP contribution in [0.1, 0.15) is 22.3 Å². The second kappa shape index (κ2) is 9.75. The van der Waals surface area contributed by atoms with Crippen molar-refractivity contribution < 1.29 is 9.47 Å². The van der Waals surface area contributed by atoms with Crippen LogP contribution in [0.15, 0.2) is 170 Å². The second-order valence-corrected chi connectivity index (χ2v) is 14.7. The molecule has 0 bridgehead atoms. The van der Waals surface area contributed by atoms with Gasteiger partial charge in [-0.1, -0.05) is 140 Å². The highest BCUT2D eigenvalue weighted by Crippen LogP contribution is 2.64. The molecule has 13 rings (SSSR count). The first kappa shape index (κ1) is 27.9. The van der Waals surface area contributed by atoms with E-state index in [2.05, 4.69) is 174 Å². The smallest absolute Gasteiger partial charge is 0.260 e. The van der Waals surface area contributed by atoms with Crippen molar-refractivity contribution in [2.24, 2.45) is 0 Å². The van der Waals surface area contributed by atoms with E-state index in [1.54, 1.807) is 0 Å². The summed E-state index contributed by atoms with van der Waals surface area (Å²) in [6, 6.07) is 62.0. The predicted octanol–water partition coefficient (Wildman–Crippen LogP) is 9.85. The number of para-hydroxylation sites is 3. The van der Waals surface area contributed by atoms with Crippen molar-refractivity contribution in [2.75, 3.05) is 0 Å². The Morgan fingerprint density at radius 1 is 0.434 bits per heavy atom. The zero-order valence-electron chi connectivity index (χ0n) is 28.5. The van der Waals surface area contributed by atoms with Gasteiger partial charge in [0.1, 0.15) is 23.0 Å². The third-order valence-electron chi connectivity index (χ3n) is 12.3. The Kier molecular flexibility index (Phi) is 5.13. The molecule has 3 heterocycles. The van der Waals surface area contributed by atoms with Crippen molar-refractivity contribution in [3.05, 3.63) is 192 Å². The lowest BCUT2D eigenvalue weighted by Crippen LogP contribution is -2.57. The van der Waals surface area contributed by atoms with E-state index in [1.165, 1.54) is 71.7 Å². The molecule has 0 saturated heterocycles. The molecule has 4 aliphatic rings. The van der Waals surface area contributed by atoms with Gasteiger partial charge in [-0.2, -0.15) is 0 Å². The average Bonchev–Trinajstić information content (AvgIpc) is 3.82. The summed E-state index contributed by atoms with van der Waals surface area (Å²) in [7, 11) is 0. The zero-order chi connectivity index (χ0) is 34.4. The molecule has 4 heteroatoms. The van der Waals surface area contributed by atoms with Crippen LogP contribution in [0.25, 0.3) is 49.7 Å². The highest BCUT2D eigenvalue weighted by molar-refractivity contribution is 6.98. The predicted molar refractivity (Wildman–Crippen MR) is 215 cm³/mol. The van der Waals surface area contributed by atoms with Gasteiger partial charge in [0.05, 0.1) is 22.1 Å². The number of rotatable bonds is 1. The maximum absolute atomic E-state index is 6.81. The molecule has 0 saturated carbocycles. The Morgan fingerprint density at radius 2 is 0.962 bits per heavy atom. The fraction of sp³-hybridized carbons (Fsp3) is 0.0204. The van der Waals surface area contributed by atoms with Crippen molar-refractivity contribution in [3.63, 3.8) is 0 Å². The fourth-order valence-electron chi connectivity index (χ4n) is 10.4. The van der Waals surface area contributed by atoms with Gasteiger partial charge in [0.15, 0.2) is 0 Å². The third-order valence-corrected chi connectivity index (χ3v) is 12.3. The first-order valence-electron chi connectivity index (χ1n) is 18.4. The molecule has 0 N–H and O–H groups in total. The summed E-state index contributed by atoms with van der Waals surface area (Å²) in [5.74, 6) is 3.46. The lowest BCUT2D eigenvalue weighted by Gasteiger charge is -2.33. The molecule has 2 aliphatic heterocycles. The Balaban J connectivity index is 1.16. The largest absolute Gasteiger partial charge is 0.458 e. The zero-order valence-corrected chi connectivity index (χ0v) is 28.5. The topological polar surface area (TPSA) is 23.4 Å². The minimum Gasteiger partial charge on any atom is -0.458 e. The Bertz CT molecular complexity index is 2980. The number of aromatic nitrogens is 1. The van der Waals surface area contributed by atoms with E-state index in [4.69, 9.17) is 9.47 Å². The lowest BCUT2D eigenvalue weighted by atomic mass is 9.35. The maximum atomic E-state index is 6.81. The number of hydrogen-bond acceptors (Lipinski definition) is 2. The van der Waals surface area contributed by atoms with Gasteiger partial charge in [0, 0.05) is 33.9 Å². The summed E-state index contributed by atoms with van der Waals surface area (Å²) < 4.78 is 16.1. The van der Waals surface area contributed by atoms with Crippen LogP contribution in [0.5, 0.6) is 23.0 Å². The van der Waals surface area contributed by atoms with E-state index >= 15 is 0 Å². The van der Waals surface area contributed by atoms with Gasteiger partial charge in [-0.25, -0.2) is 0 Å². The highest BCUT2D eigenvalue weighted by Gasteiger charge is 2.52. The first-order valence-corrected chi connectivity index (χ1v) is 18.4. The molecule has 9 aromatic rings. The van der Waals surface area contributed by atoms with Crippen molar-refractivity contribution in [2.45, 2.75) is 5.41 Å². The second-order valence-electron chi connectivity index (χ2n) is 14.7. The molecule has 2 aliphatic carbocycles. The molecule has 8 aromatic carbocycles. The molecule has 0 atom stereocenters. The molecule has 3 nitrogen and oxygen atoms in total. The summed E-state index contributed by atoms with van der Waals surface area (Å²) in [5, 5.41) is 2.45. The number of fused-ring (bicyclic) bond motifs is 18. The van der Waals surface area contributed by atoms with Gasteiger partial charge in [0.25, 0.3) is 6.71 Å². The SMILES string of the molecule is c1ccc2c(c1)Oc1cc(-n3c4ccccc4c4ccc5c(c43)-c3ccccc3C53c4ccccc4-c4ccccc43)cc3c1B2c1ccccc1O3. The summed E-state index contributed by atoms with van der Waals surface area (Å²) in [5.41, 5.74) is 16.9. The average molecular weight is 674 g/mol. The number of nitrogens with zero attached hydrogens (tertiary/aromatic N) is 1. The highest BCUT2D eigenvalue weighted by atomic mass is 16.5. The van der Waals surface area contributed by atoms with E-state index in [1.807, 2.05) is 0 Å². The molecule has 0 radical (unpaired) electrons. The van der Waals surface area contributed by atoms with Crippen LogP contribution in [-0.4, -0.2) is 11.3 Å². The molecular formula is C49H28BNO2. The van der Waals surface area contributed by atoms with Crippen LogP contribution in [0.2, 0.25) is 0 Å². The Hall–Kier alpha value is -6.78. The van der Waals surface area contributed by atoms with Crippen LogP contribution < -0.4 is 25.9 Å². The van der Waals surface area contributed by atoms with E-state index in [0.717, 1.165) is 39.7 Å². The monoisotopic (exact) mass is 673 g/mol. The van der Waals surface area contributed by atoms with E-state index in [-0.39, 0.29) is 6.71 Å². The number of benzene rings is 8. The summed E-state index contributed by atoms with van der Waals surface area (Å²) in [4.78, 5) is 0. The van der Waals surface area contributed by atoms with Crippen LogP contribution in [-0.2, 0) is 5.41 Å². The van der Waals surface area contributed by atoms with Gasteiger partial charge >= 0.3 is 0 Å². The van der Waals surface area contributed by atoms with E-state index < -0.39 is 5.41 Å². The van der Waals surface area contributed by atoms with Crippen molar-refractivity contribution in [1.82, 2.24) is 4.57 Å². The molecule has 0 fully saturated rings. The van der Waals surface area contributed by atoms with Crippen molar-refractivity contribution in [1.29, 1.82) is 0 Å². The van der Waals surface area contributed by atoms with Crippen LogP contribution in [0.3, 0.4) is 0 Å². The molecule has 244 valence electrons. The first-order chi connectivity index (χ1) is 26.3. The van der Waals surface area contributed by atoms with Gasteiger partial charge in [-0.3, -0.25) is 0 Å². The van der Waals surface area contributed by atoms with Crippen molar-refractivity contribution >= 4 is 44.9 Å². The van der Waals surface area contributed by atoms with Gasteiger partial charge in [0.2, 0.25) is 0 Å². The number of hydrogen-bond donors (Lipinski definition) is 0. The fourth-order valence-corrected chi connectivity index (χ4v) is 10.4.